The second kappa shape index (κ2) is 8.11. The first-order chi connectivity index (χ1) is 11.0. The zero-order valence-corrected chi connectivity index (χ0v) is 14.9. The Morgan fingerprint density at radius 1 is 1.30 bits per heavy atom. The molecular weight excluding hydrogens is 334 g/mol. The summed E-state index contributed by atoms with van der Waals surface area (Å²) in [5.41, 5.74) is 0.849. The van der Waals surface area contributed by atoms with Crippen LogP contribution in [0.2, 0.25) is 5.02 Å². The van der Waals surface area contributed by atoms with Crippen LogP contribution in [0.15, 0.2) is 24.3 Å². The van der Waals surface area contributed by atoms with Crippen molar-refractivity contribution in [3.63, 3.8) is 0 Å². The summed E-state index contributed by atoms with van der Waals surface area (Å²) in [6, 6.07) is 9.18. The number of benzene rings is 1. The fourth-order valence-electron chi connectivity index (χ4n) is 2.74. The van der Waals surface area contributed by atoms with Crippen molar-refractivity contribution in [3.8, 4) is 6.07 Å². The van der Waals surface area contributed by atoms with Gasteiger partial charge in [-0.1, -0.05) is 37.1 Å². The van der Waals surface area contributed by atoms with Crippen molar-refractivity contribution in [1.29, 1.82) is 5.26 Å². The zero-order valence-electron chi connectivity index (χ0n) is 13.3. The van der Waals surface area contributed by atoms with Crippen LogP contribution in [-0.4, -0.2) is 49.6 Å². The van der Waals surface area contributed by atoms with Crippen LogP contribution in [0.1, 0.15) is 31.4 Å². The van der Waals surface area contributed by atoms with E-state index in [1.807, 2.05) is 24.0 Å². The molecule has 1 aromatic carbocycles. The Kier molecular flexibility index (Phi) is 6.42. The van der Waals surface area contributed by atoms with Gasteiger partial charge in [0.2, 0.25) is 10.0 Å². The Hall–Kier alpha value is -1.13. The molecule has 0 aromatic heterocycles. The van der Waals surface area contributed by atoms with E-state index in [-0.39, 0.29) is 5.75 Å². The topological polar surface area (TPSA) is 64.4 Å². The van der Waals surface area contributed by atoms with E-state index in [1.165, 1.54) is 0 Å². The summed E-state index contributed by atoms with van der Waals surface area (Å²) in [6.45, 7) is 3.96. The maximum atomic E-state index is 12.2. The highest BCUT2D eigenvalue weighted by atomic mass is 35.5. The summed E-state index contributed by atoms with van der Waals surface area (Å²) in [5, 5.41) is 10.1. The smallest absolute Gasteiger partial charge is 0.214 e. The van der Waals surface area contributed by atoms with Crippen LogP contribution < -0.4 is 0 Å². The molecule has 0 bridgehead atoms. The summed E-state index contributed by atoms with van der Waals surface area (Å²) in [6.07, 6.45) is 1.55. The van der Waals surface area contributed by atoms with Crippen molar-refractivity contribution in [1.82, 2.24) is 9.21 Å². The third-order valence-electron chi connectivity index (χ3n) is 4.07. The lowest BCUT2D eigenvalue weighted by Gasteiger charge is -2.36. The van der Waals surface area contributed by atoms with Gasteiger partial charge in [0.1, 0.15) is 6.04 Å². The summed E-state index contributed by atoms with van der Waals surface area (Å²) in [5.74, 6) is 0.208. The first-order valence-electron chi connectivity index (χ1n) is 7.85. The molecule has 0 saturated carbocycles. The third-order valence-corrected chi connectivity index (χ3v) is 6.27. The molecule has 23 heavy (non-hydrogen) atoms. The molecule has 0 amide bonds. The van der Waals surface area contributed by atoms with Gasteiger partial charge in [-0.15, -0.1) is 0 Å². The number of nitrogens with zero attached hydrogens (tertiary/aromatic N) is 3. The third kappa shape index (κ3) is 4.67. The van der Waals surface area contributed by atoms with E-state index in [4.69, 9.17) is 11.6 Å². The van der Waals surface area contributed by atoms with Gasteiger partial charge in [0.15, 0.2) is 0 Å². The van der Waals surface area contributed by atoms with Crippen molar-refractivity contribution >= 4 is 21.6 Å². The molecular formula is C16H22ClN3O2S. The lowest BCUT2D eigenvalue weighted by Crippen LogP contribution is -2.50. The number of hydrogen-bond donors (Lipinski definition) is 0. The number of sulfonamides is 1. The van der Waals surface area contributed by atoms with Gasteiger partial charge in [-0.2, -0.15) is 9.57 Å². The van der Waals surface area contributed by atoms with Gasteiger partial charge in [-0.3, -0.25) is 4.90 Å². The lowest BCUT2D eigenvalue weighted by molar-refractivity contribution is 0.162. The molecule has 1 aromatic rings. The highest BCUT2D eigenvalue weighted by Gasteiger charge is 2.30. The first kappa shape index (κ1) is 18.2. The minimum absolute atomic E-state index is 0.208. The first-order valence-corrected chi connectivity index (χ1v) is 9.83. The molecule has 1 saturated heterocycles. The number of unbranched alkanes of at least 4 members (excludes halogenated alkanes) is 1. The number of piperazine rings is 1. The van der Waals surface area contributed by atoms with Crippen molar-refractivity contribution < 1.29 is 8.42 Å². The standard InChI is InChI=1S/C16H22ClN3O2S/c1-2-3-11-23(21,22)20-9-7-19(8-10-20)16(13-18)14-5-4-6-15(17)12-14/h4-6,12,16H,2-3,7-11H2,1H3. The van der Waals surface area contributed by atoms with Gasteiger partial charge in [0.05, 0.1) is 11.8 Å². The molecule has 126 valence electrons. The fraction of sp³-hybridized carbons (Fsp3) is 0.562. The second-order valence-corrected chi connectivity index (χ2v) is 8.22. The highest BCUT2D eigenvalue weighted by molar-refractivity contribution is 7.89. The van der Waals surface area contributed by atoms with E-state index < -0.39 is 16.1 Å². The number of halogens is 1. The Labute approximate surface area is 143 Å². The molecule has 1 atom stereocenters. The summed E-state index contributed by atoms with van der Waals surface area (Å²) in [4.78, 5) is 2.01. The minimum atomic E-state index is -3.17. The molecule has 7 heteroatoms. The van der Waals surface area contributed by atoms with Gasteiger partial charge >= 0.3 is 0 Å². The second-order valence-electron chi connectivity index (χ2n) is 5.69. The van der Waals surface area contributed by atoms with Crippen LogP contribution in [0.5, 0.6) is 0 Å². The monoisotopic (exact) mass is 355 g/mol. The van der Waals surface area contributed by atoms with Crippen LogP contribution in [0, 0.1) is 11.3 Å². The van der Waals surface area contributed by atoms with Gasteiger partial charge in [-0.05, 0) is 24.1 Å². The van der Waals surface area contributed by atoms with Crippen LogP contribution in [0.3, 0.4) is 0 Å². The Morgan fingerprint density at radius 2 is 2.00 bits per heavy atom. The summed E-state index contributed by atoms with van der Waals surface area (Å²) >= 11 is 6.00. The highest BCUT2D eigenvalue weighted by Crippen LogP contribution is 2.24. The van der Waals surface area contributed by atoms with Crippen molar-refractivity contribution in [3.05, 3.63) is 34.9 Å². The molecule has 0 radical (unpaired) electrons. The molecule has 0 N–H and O–H groups in total. The van der Waals surface area contributed by atoms with E-state index in [2.05, 4.69) is 6.07 Å². The van der Waals surface area contributed by atoms with Crippen LogP contribution in [-0.2, 0) is 10.0 Å². The molecule has 1 aliphatic rings. The SMILES string of the molecule is CCCCS(=O)(=O)N1CCN(C(C#N)c2cccc(Cl)c2)CC1. The van der Waals surface area contributed by atoms with E-state index in [0.29, 0.717) is 37.6 Å². The molecule has 1 heterocycles. The Morgan fingerprint density at radius 3 is 2.57 bits per heavy atom. The maximum Gasteiger partial charge on any atom is 0.214 e. The normalized spacial score (nSPS) is 18.5. The van der Waals surface area contributed by atoms with Crippen LogP contribution >= 0.6 is 11.6 Å². The molecule has 1 aliphatic heterocycles. The van der Waals surface area contributed by atoms with Crippen LogP contribution in [0.25, 0.3) is 0 Å². The van der Waals surface area contributed by atoms with Gasteiger partial charge < -0.3 is 0 Å². The van der Waals surface area contributed by atoms with Crippen LogP contribution in [0.4, 0.5) is 0 Å². The number of nitriles is 1. The van der Waals surface area contributed by atoms with Gasteiger partial charge in [0.25, 0.3) is 0 Å². The molecule has 1 fully saturated rings. The van der Waals surface area contributed by atoms with E-state index in [1.54, 1.807) is 16.4 Å². The molecule has 0 aliphatic carbocycles. The summed E-state index contributed by atoms with van der Waals surface area (Å²) < 4.78 is 26.0. The van der Waals surface area contributed by atoms with E-state index in [0.717, 1.165) is 12.0 Å². The minimum Gasteiger partial charge on any atom is -0.282 e. The fourth-order valence-corrected chi connectivity index (χ4v) is 4.57. The van der Waals surface area contributed by atoms with Crippen molar-refractivity contribution in [2.75, 3.05) is 31.9 Å². The van der Waals surface area contributed by atoms with Gasteiger partial charge in [0, 0.05) is 31.2 Å². The lowest BCUT2D eigenvalue weighted by atomic mass is 10.1. The molecule has 2 rings (SSSR count). The average molecular weight is 356 g/mol. The maximum absolute atomic E-state index is 12.2. The zero-order chi connectivity index (χ0) is 16.9. The number of hydrogen-bond acceptors (Lipinski definition) is 4. The largest absolute Gasteiger partial charge is 0.282 e. The van der Waals surface area contributed by atoms with E-state index >= 15 is 0 Å². The quantitative estimate of drug-likeness (QED) is 0.786. The molecule has 0 spiro atoms. The Balaban J connectivity index is 2.02. The summed E-state index contributed by atoms with van der Waals surface area (Å²) in [7, 11) is -3.17. The predicted octanol–water partition coefficient (Wildman–Crippen LogP) is 2.65. The van der Waals surface area contributed by atoms with Crippen molar-refractivity contribution in [2.24, 2.45) is 0 Å². The van der Waals surface area contributed by atoms with E-state index in [9.17, 15) is 13.7 Å². The Bertz CT molecular complexity index is 664. The molecule has 5 nitrogen and oxygen atoms in total. The van der Waals surface area contributed by atoms with Crippen molar-refractivity contribution in [2.45, 2.75) is 25.8 Å². The predicted molar refractivity (Wildman–Crippen MR) is 91.6 cm³/mol. The van der Waals surface area contributed by atoms with Gasteiger partial charge in [-0.25, -0.2) is 8.42 Å². The number of rotatable bonds is 6. The average Bonchev–Trinajstić information content (AvgIpc) is 2.54. The molecule has 1 unspecified atom stereocenters.